The smallest absolute Gasteiger partial charge is 0.145 e. The van der Waals surface area contributed by atoms with Gasteiger partial charge in [-0.1, -0.05) is 18.6 Å². The predicted molar refractivity (Wildman–Crippen MR) is 113 cm³/mol. The highest BCUT2D eigenvalue weighted by Crippen LogP contribution is 2.28. The standard InChI is InChI=1S/C23H32N4O2/c1-26-10-4-3-8-22(26)23-24-15-19-17-27(11-9-21(19)25-23)16-18-6-5-7-20(14-18)29-13-12-28-2/h5-7,14-15,22H,3-4,8-13,16-17H2,1-2H3/t22-/m0/s1. The molecule has 1 saturated heterocycles. The number of benzene rings is 1. The molecule has 1 atom stereocenters. The zero-order valence-corrected chi connectivity index (χ0v) is 17.6. The van der Waals surface area contributed by atoms with Gasteiger partial charge in [0.1, 0.15) is 18.2 Å². The van der Waals surface area contributed by atoms with Crippen molar-refractivity contribution in [3.63, 3.8) is 0 Å². The summed E-state index contributed by atoms with van der Waals surface area (Å²) in [5, 5.41) is 0. The Morgan fingerprint density at radius 3 is 2.97 bits per heavy atom. The van der Waals surface area contributed by atoms with E-state index in [-0.39, 0.29) is 0 Å². The molecule has 2 aliphatic heterocycles. The van der Waals surface area contributed by atoms with Crippen molar-refractivity contribution in [1.82, 2.24) is 19.8 Å². The Morgan fingerprint density at radius 2 is 2.10 bits per heavy atom. The first kappa shape index (κ1) is 20.3. The second-order valence-electron chi connectivity index (χ2n) is 8.14. The Balaban J connectivity index is 1.38. The largest absolute Gasteiger partial charge is 0.491 e. The molecule has 6 nitrogen and oxygen atoms in total. The molecule has 0 N–H and O–H groups in total. The van der Waals surface area contributed by atoms with E-state index in [1.807, 2.05) is 6.07 Å². The van der Waals surface area contributed by atoms with Gasteiger partial charge in [0, 0.05) is 50.6 Å². The van der Waals surface area contributed by atoms with Crippen LogP contribution < -0.4 is 4.74 Å². The maximum atomic E-state index is 5.74. The molecule has 0 spiro atoms. The number of rotatable bonds is 7. The van der Waals surface area contributed by atoms with E-state index in [4.69, 9.17) is 19.4 Å². The van der Waals surface area contributed by atoms with Gasteiger partial charge in [-0.05, 0) is 44.1 Å². The zero-order chi connectivity index (χ0) is 20.1. The number of piperidine rings is 1. The Bertz CT molecular complexity index is 813. The quantitative estimate of drug-likeness (QED) is 0.670. The molecular weight excluding hydrogens is 364 g/mol. The highest BCUT2D eigenvalue weighted by Gasteiger charge is 2.25. The van der Waals surface area contributed by atoms with E-state index in [0.717, 1.165) is 44.2 Å². The topological polar surface area (TPSA) is 50.7 Å². The van der Waals surface area contributed by atoms with Crippen molar-refractivity contribution in [2.75, 3.05) is 40.5 Å². The van der Waals surface area contributed by atoms with Crippen LogP contribution in [0.2, 0.25) is 0 Å². The summed E-state index contributed by atoms with van der Waals surface area (Å²) in [6.07, 6.45) is 6.79. The van der Waals surface area contributed by atoms with Gasteiger partial charge in [0.25, 0.3) is 0 Å². The third-order valence-corrected chi connectivity index (χ3v) is 5.96. The van der Waals surface area contributed by atoms with Crippen molar-refractivity contribution in [1.29, 1.82) is 0 Å². The summed E-state index contributed by atoms with van der Waals surface area (Å²) in [5.74, 6) is 1.92. The molecule has 0 radical (unpaired) electrons. The summed E-state index contributed by atoms with van der Waals surface area (Å²) >= 11 is 0. The van der Waals surface area contributed by atoms with E-state index < -0.39 is 0 Å². The first-order valence-electron chi connectivity index (χ1n) is 10.7. The minimum absolute atomic E-state index is 0.382. The molecule has 2 aromatic rings. The molecule has 1 aromatic carbocycles. The third-order valence-electron chi connectivity index (χ3n) is 5.96. The minimum Gasteiger partial charge on any atom is -0.491 e. The maximum Gasteiger partial charge on any atom is 0.145 e. The number of likely N-dealkylation sites (tertiary alicyclic amines) is 1. The number of methoxy groups -OCH3 is 1. The van der Waals surface area contributed by atoms with Crippen LogP contribution in [0.3, 0.4) is 0 Å². The van der Waals surface area contributed by atoms with Crippen molar-refractivity contribution in [2.24, 2.45) is 0 Å². The lowest BCUT2D eigenvalue weighted by atomic mass is 10.0. The van der Waals surface area contributed by atoms with Gasteiger partial charge in [-0.3, -0.25) is 9.80 Å². The lowest BCUT2D eigenvalue weighted by Crippen LogP contribution is -2.33. The first-order chi connectivity index (χ1) is 14.2. The normalized spacial score (nSPS) is 20.4. The molecule has 0 unspecified atom stereocenters. The number of nitrogens with zero attached hydrogens (tertiary/aromatic N) is 4. The fraction of sp³-hybridized carbons (Fsp3) is 0.565. The van der Waals surface area contributed by atoms with Gasteiger partial charge in [-0.2, -0.15) is 0 Å². The van der Waals surface area contributed by atoms with Crippen molar-refractivity contribution < 1.29 is 9.47 Å². The van der Waals surface area contributed by atoms with E-state index in [1.165, 1.54) is 36.1 Å². The number of aromatic nitrogens is 2. The van der Waals surface area contributed by atoms with Crippen LogP contribution in [-0.4, -0.2) is 60.2 Å². The SMILES string of the molecule is COCCOc1cccc(CN2CCc3nc([C@@H]4CCCCN4C)ncc3C2)c1. The van der Waals surface area contributed by atoms with E-state index in [2.05, 4.69) is 41.2 Å². The van der Waals surface area contributed by atoms with Gasteiger partial charge in [-0.25, -0.2) is 9.97 Å². The second kappa shape index (κ2) is 9.65. The molecule has 29 heavy (non-hydrogen) atoms. The van der Waals surface area contributed by atoms with Gasteiger partial charge in [0.15, 0.2) is 0 Å². The van der Waals surface area contributed by atoms with E-state index in [1.54, 1.807) is 7.11 Å². The average Bonchev–Trinajstić information content (AvgIpc) is 2.74. The number of fused-ring (bicyclic) bond motifs is 1. The zero-order valence-electron chi connectivity index (χ0n) is 17.6. The fourth-order valence-corrected chi connectivity index (χ4v) is 4.32. The molecule has 156 valence electrons. The molecule has 0 aliphatic carbocycles. The van der Waals surface area contributed by atoms with Crippen LogP contribution in [0.15, 0.2) is 30.5 Å². The van der Waals surface area contributed by atoms with Crippen LogP contribution in [0.25, 0.3) is 0 Å². The summed E-state index contributed by atoms with van der Waals surface area (Å²) in [6.45, 7) is 5.17. The number of hydrogen-bond donors (Lipinski definition) is 0. The highest BCUT2D eigenvalue weighted by atomic mass is 16.5. The molecule has 3 heterocycles. The Hall–Kier alpha value is -2.02. The van der Waals surface area contributed by atoms with Crippen molar-refractivity contribution in [3.8, 4) is 5.75 Å². The molecule has 1 fully saturated rings. The second-order valence-corrected chi connectivity index (χ2v) is 8.14. The molecular formula is C23H32N4O2. The summed E-state index contributed by atoms with van der Waals surface area (Å²) in [4.78, 5) is 14.6. The van der Waals surface area contributed by atoms with E-state index >= 15 is 0 Å². The van der Waals surface area contributed by atoms with Gasteiger partial charge in [0.05, 0.1) is 12.6 Å². The highest BCUT2D eigenvalue weighted by molar-refractivity contribution is 5.29. The maximum absolute atomic E-state index is 5.74. The molecule has 4 rings (SSSR count). The van der Waals surface area contributed by atoms with Gasteiger partial charge in [-0.15, -0.1) is 0 Å². The lowest BCUT2D eigenvalue weighted by Gasteiger charge is -2.32. The Labute approximate surface area is 173 Å². The third kappa shape index (κ3) is 5.13. The molecule has 2 aliphatic rings. The lowest BCUT2D eigenvalue weighted by molar-refractivity contribution is 0.146. The van der Waals surface area contributed by atoms with Crippen molar-refractivity contribution in [3.05, 3.63) is 53.1 Å². The van der Waals surface area contributed by atoms with Crippen LogP contribution >= 0.6 is 0 Å². The average molecular weight is 397 g/mol. The number of hydrogen-bond acceptors (Lipinski definition) is 6. The molecule has 6 heteroatoms. The summed E-state index contributed by atoms with van der Waals surface area (Å²) in [5.41, 5.74) is 3.78. The summed E-state index contributed by atoms with van der Waals surface area (Å²) < 4.78 is 10.8. The van der Waals surface area contributed by atoms with E-state index in [9.17, 15) is 0 Å². The van der Waals surface area contributed by atoms with E-state index in [0.29, 0.717) is 19.3 Å². The summed E-state index contributed by atoms with van der Waals surface area (Å²) in [7, 11) is 3.88. The molecule has 0 bridgehead atoms. The first-order valence-corrected chi connectivity index (χ1v) is 10.7. The summed E-state index contributed by atoms with van der Waals surface area (Å²) in [6, 6.07) is 8.74. The van der Waals surface area contributed by atoms with Gasteiger partial charge < -0.3 is 9.47 Å². The van der Waals surface area contributed by atoms with Crippen LogP contribution in [-0.2, 0) is 24.2 Å². The minimum atomic E-state index is 0.382. The van der Waals surface area contributed by atoms with Crippen molar-refractivity contribution >= 4 is 0 Å². The fourth-order valence-electron chi connectivity index (χ4n) is 4.32. The van der Waals surface area contributed by atoms with Crippen LogP contribution in [0.5, 0.6) is 5.75 Å². The predicted octanol–water partition coefficient (Wildman–Crippen LogP) is 3.22. The van der Waals surface area contributed by atoms with Crippen LogP contribution in [0, 0.1) is 0 Å². The van der Waals surface area contributed by atoms with Gasteiger partial charge in [0.2, 0.25) is 0 Å². The van der Waals surface area contributed by atoms with Crippen LogP contribution in [0.4, 0.5) is 0 Å². The molecule has 0 amide bonds. The molecule has 1 aromatic heterocycles. The van der Waals surface area contributed by atoms with Crippen LogP contribution in [0.1, 0.15) is 47.9 Å². The monoisotopic (exact) mass is 396 g/mol. The Morgan fingerprint density at radius 1 is 1.17 bits per heavy atom. The molecule has 0 saturated carbocycles. The van der Waals surface area contributed by atoms with Crippen molar-refractivity contribution in [2.45, 2.75) is 44.8 Å². The number of ether oxygens (including phenoxy) is 2. The Kier molecular flexibility index (Phi) is 6.74. The van der Waals surface area contributed by atoms with Gasteiger partial charge >= 0.3 is 0 Å².